The van der Waals surface area contributed by atoms with Crippen molar-refractivity contribution in [2.24, 2.45) is 0 Å². The zero-order valence-corrected chi connectivity index (χ0v) is 14.7. The van der Waals surface area contributed by atoms with Gasteiger partial charge in [0, 0.05) is 28.2 Å². The summed E-state index contributed by atoms with van der Waals surface area (Å²) in [6.07, 6.45) is 0.827. The van der Waals surface area contributed by atoms with Crippen LogP contribution in [-0.2, 0) is 4.79 Å². The van der Waals surface area contributed by atoms with Crippen molar-refractivity contribution < 1.29 is 14.5 Å². The van der Waals surface area contributed by atoms with E-state index in [9.17, 15) is 14.9 Å². The predicted octanol–water partition coefficient (Wildman–Crippen LogP) is 4.46. The molecule has 0 unspecified atom stereocenters. The first-order chi connectivity index (χ1) is 11.5. The Balaban J connectivity index is 1.78. The molecular formula is C17H17BrN2O4. The van der Waals surface area contributed by atoms with Gasteiger partial charge >= 0.3 is 0 Å². The Bertz CT molecular complexity index is 732. The van der Waals surface area contributed by atoms with Crippen LogP contribution in [0, 0.1) is 17.0 Å². The minimum Gasteiger partial charge on any atom is -0.494 e. The zero-order chi connectivity index (χ0) is 17.5. The summed E-state index contributed by atoms with van der Waals surface area (Å²) in [5.74, 6) is 0.542. The van der Waals surface area contributed by atoms with Gasteiger partial charge < -0.3 is 10.1 Å². The van der Waals surface area contributed by atoms with Crippen LogP contribution >= 0.6 is 15.9 Å². The molecule has 2 rings (SSSR count). The molecule has 0 saturated heterocycles. The largest absolute Gasteiger partial charge is 0.494 e. The van der Waals surface area contributed by atoms with Crippen molar-refractivity contribution in [3.8, 4) is 5.75 Å². The first-order valence-electron chi connectivity index (χ1n) is 7.39. The number of ether oxygens (including phenoxy) is 1. The molecule has 2 aromatic rings. The summed E-state index contributed by atoms with van der Waals surface area (Å²) in [7, 11) is 0. The highest BCUT2D eigenvalue weighted by atomic mass is 79.9. The van der Waals surface area contributed by atoms with E-state index < -0.39 is 4.92 Å². The highest BCUT2D eigenvalue weighted by Gasteiger charge is 2.12. The van der Waals surface area contributed by atoms with Gasteiger partial charge in [-0.05, 0) is 43.7 Å². The van der Waals surface area contributed by atoms with E-state index in [1.165, 1.54) is 6.07 Å². The summed E-state index contributed by atoms with van der Waals surface area (Å²) in [4.78, 5) is 22.3. The van der Waals surface area contributed by atoms with Crippen LogP contribution in [0.1, 0.15) is 18.4 Å². The summed E-state index contributed by atoms with van der Waals surface area (Å²) < 4.78 is 6.51. The average molecular weight is 393 g/mol. The van der Waals surface area contributed by atoms with Crippen LogP contribution in [0.4, 0.5) is 11.4 Å². The number of nitrogens with one attached hydrogen (secondary N) is 1. The summed E-state index contributed by atoms with van der Waals surface area (Å²) in [5.41, 5.74) is 0.971. The van der Waals surface area contributed by atoms with Gasteiger partial charge in [-0.3, -0.25) is 14.9 Å². The highest BCUT2D eigenvalue weighted by Crippen LogP contribution is 2.22. The van der Waals surface area contributed by atoms with Crippen molar-refractivity contribution in [2.45, 2.75) is 19.8 Å². The lowest BCUT2D eigenvalue weighted by molar-refractivity contribution is -0.385. The van der Waals surface area contributed by atoms with Crippen molar-refractivity contribution in [2.75, 3.05) is 11.9 Å². The van der Waals surface area contributed by atoms with E-state index >= 15 is 0 Å². The van der Waals surface area contributed by atoms with E-state index in [0.717, 1.165) is 10.2 Å². The van der Waals surface area contributed by atoms with Gasteiger partial charge in [-0.1, -0.05) is 22.0 Å². The van der Waals surface area contributed by atoms with Gasteiger partial charge in [0.05, 0.1) is 11.5 Å². The van der Waals surface area contributed by atoms with Crippen LogP contribution in [-0.4, -0.2) is 17.4 Å². The van der Waals surface area contributed by atoms with Crippen LogP contribution < -0.4 is 10.1 Å². The number of carbonyl (C=O) groups excluding carboxylic acids is 1. The number of hydrogen-bond acceptors (Lipinski definition) is 4. The third-order valence-corrected chi connectivity index (χ3v) is 3.85. The van der Waals surface area contributed by atoms with Crippen molar-refractivity contribution in [3.05, 3.63) is 62.6 Å². The Morgan fingerprint density at radius 2 is 1.96 bits per heavy atom. The Morgan fingerprint density at radius 3 is 2.62 bits per heavy atom. The van der Waals surface area contributed by atoms with Gasteiger partial charge in [0.2, 0.25) is 5.91 Å². The molecule has 0 atom stereocenters. The number of anilines is 1. The first kappa shape index (κ1) is 17.9. The fraction of sp³-hybridized carbons (Fsp3) is 0.235. The lowest BCUT2D eigenvalue weighted by atomic mass is 10.2. The molecule has 0 fully saturated rings. The molecule has 0 aliphatic rings. The third-order valence-electron chi connectivity index (χ3n) is 3.32. The molecule has 0 aliphatic carbocycles. The maximum atomic E-state index is 11.9. The second-order valence-electron chi connectivity index (χ2n) is 5.21. The van der Waals surface area contributed by atoms with Crippen molar-refractivity contribution in [1.82, 2.24) is 0 Å². The lowest BCUT2D eigenvalue weighted by Gasteiger charge is -2.08. The molecule has 0 aromatic heterocycles. The molecule has 7 heteroatoms. The molecule has 1 amide bonds. The van der Waals surface area contributed by atoms with Gasteiger partial charge in [-0.2, -0.15) is 0 Å². The molecule has 6 nitrogen and oxygen atoms in total. The Labute approximate surface area is 148 Å². The van der Waals surface area contributed by atoms with Gasteiger partial charge in [-0.15, -0.1) is 0 Å². The normalized spacial score (nSPS) is 10.2. The van der Waals surface area contributed by atoms with Gasteiger partial charge in [0.1, 0.15) is 5.75 Å². The van der Waals surface area contributed by atoms with Crippen molar-refractivity contribution in [3.63, 3.8) is 0 Å². The molecule has 0 bridgehead atoms. The lowest BCUT2D eigenvalue weighted by Crippen LogP contribution is -2.13. The second kappa shape index (κ2) is 8.44. The minimum atomic E-state index is -0.461. The van der Waals surface area contributed by atoms with Crippen molar-refractivity contribution in [1.29, 1.82) is 0 Å². The first-order valence-corrected chi connectivity index (χ1v) is 8.18. The van der Waals surface area contributed by atoms with Crippen LogP contribution in [0.15, 0.2) is 46.9 Å². The van der Waals surface area contributed by atoms with Crippen molar-refractivity contribution >= 4 is 33.2 Å². The smallest absolute Gasteiger partial charge is 0.274 e. The number of nitro benzene ring substituents is 1. The molecule has 0 aliphatic heterocycles. The van der Waals surface area contributed by atoms with Gasteiger partial charge in [-0.25, -0.2) is 0 Å². The molecule has 0 saturated carbocycles. The minimum absolute atomic E-state index is 0.00799. The molecular weight excluding hydrogens is 376 g/mol. The van der Waals surface area contributed by atoms with Crippen LogP contribution in [0.2, 0.25) is 0 Å². The van der Waals surface area contributed by atoms with Crippen LogP contribution in [0.25, 0.3) is 0 Å². The fourth-order valence-corrected chi connectivity index (χ4v) is 2.33. The van der Waals surface area contributed by atoms with E-state index in [1.807, 2.05) is 24.3 Å². The van der Waals surface area contributed by atoms with Crippen LogP contribution in [0.3, 0.4) is 0 Å². The predicted molar refractivity (Wildman–Crippen MR) is 95.3 cm³/mol. The number of nitro groups is 1. The summed E-state index contributed by atoms with van der Waals surface area (Å²) in [6, 6.07) is 12.1. The number of benzene rings is 2. The second-order valence-corrected chi connectivity index (χ2v) is 6.13. The van der Waals surface area contributed by atoms with E-state index in [2.05, 4.69) is 21.2 Å². The maximum absolute atomic E-state index is 11.9. The number of rotatable bonds is 7. The summed E-state index contributed by atoms with van der Waals surface area (Å²) in [6.45, 7) is 2.08. The monoisotopic (exact) mass is 392 g/mol. The number of hydrogen-bond donors (Lipinski definition) is 1. The number of aryl methyl sites for hydroxylation is 1. The fourth-order valence-electron chi connectivity index (χ4n) is 2.06. The number of carbonyl (C=O) groups is 1. The number of amides is 1. The average Bonchev–Trinajstić information content (AvgIpc) is 2.55. The Morgan fingerprint density at radius 1 is 1.25 bits per heavy atom. The molecule has 126 valence electrons. The quantitative estimate of drug-likeness (QED) is 0.428. The Hall–Kier alpha value is -2.41. The molecule has 0 spiro atoms. The summed E-state index contributed by atoms with van der Waals surface area (Å²) in [5, 5.41) is 13.6. The standard InChI is InChI=1S/C17H17BrN2O4/c1-12-4-7-14(11-16(12)20(22)23)19-17(21)3-2-10-24-15-8-5-13(18)6-9-15/h4-9,11H,2-3,10H2,1H3,(H,19,21). The molecule has 2 aromatic carbocycles. The van der Waals surface area contributed by atoms with E-state index in [0.29, 0.717) is 24.3 Å². The maximum Gasteiger partial charge on any atom is 0.274 e. The van der Waals surface area contributed by atoms with E-state index in [1.54, 1.807) is 19.1 Å². The topological polar surface area (TPSA) is 81.5 Å². The SMILES string of the molecule is Cc1ccc(NC(=O)CCCOc2ccc(Br)cc2)cc1[N+](=O)[O-]. The van der Waals surface area contributed by atoms with E-state index in [4.69, 9.17) is 4.74 Å². The van der Waals surface area contributed by atoms with Gasteiger partial charge in [0.25, 0.3) is 5.69 Å². The Kier molecular flexibility index (Phi) is 6.31. The van der Waals surface area contributed by atoms with Crippen LogP contribution in [0.5, 0.6) is 5.75 Å². The highest BCUT2D eigenvalue weighted by molar-refractivity contribution is 9.10. The van der Waals surface area contributed by atoms with Gasteiger partial charge in [0.15, 0.2) is 0 Å². The number of halogens is 1. The third kappa shape index (κ3) is 5.34. The molecule has 24 heavy (non-hydrogen) atoms. The zero-order valence-electron chi connectivity index (χ0n) is 13.1. The molecule has 0 heterocycles. The molecule has 1 N–H and O–H groups in total. The van der Waals surface area contributed by atoms with E-state index in [-0.39, 0.29) is 18.0 Å². The summed E-state index contributed by atoms with van der Waals surface area (Å²) >= 11 is 3.35. The molecule has 0 radical (unpaired) electrons. The number of nitrogens with zero attached hydrogens (tertiary/aromatic N) is 1.